The fraction of sp³-hybridized carbons (Fsp3) is 0.474. The molecule has 1 aliphatic heterocycles. The quantitative estimate of drug-likeness (QED) is 0.712. The van der Waals surface area contributed by atoms with Crippen LogP contribution in [0.1, 0.15) is 52.9 Å². The third kappa shape index (κ3) is 3.32. The van der Waals surface area contributed by atoms with Crippen LogP contribution in [0.3, 0.4) is 0 Å². The third-order valence-electron chi connectivity index (χ3n) is 5.29. The molecular formula is C19H24N6O2. The van der Waals surface area contributed by atoms with Crippen molar-refractivity contribution in [2.45, 2.75) is 38.5 Å². The van der Waals surface area contributed by atoms with Gasteiger partial charge in [0.2, 0.25) is 0 Å². The maximum Gasteiger partial charge on any atom is 0.259 e. The predicted octanol–water partition coefficient (Wildman–Crippen LogP) is 1.57. The number of hydrogen-bond acceptors (Lipinski definition) is 5. The Balaban J connectivity index is 1.56. The molecule has 1 saturated heterocycles. The Morgan fingerprint density at radius 2 is 2.26 bits per heavy atom. The van der Waals surface area contributed by atoms with Gasteiger partial charge < -0.3 is 10.0 Å². The number of aliphatic hydroxyl groups is 1. The number of aromatic amines is 1. The van der Waals surface area contributed by atoms with Crippen molar-refractivity contribution in [3.63, 3.8) is 0 Å². The molecule has 8 nitrogen and oxygen atoms in total. The highest BCUT2D eigenvalue weighted by atomic mass is 16.3. The fourth-order valence-electron chi connectivity index (χ4n) is 3.85. The largest absolute Gasteiger partial charge is 0.396 e. The number of piperidine rings is 1. The second-order valence-electron chi connectivity index (χ2n) is 7.02. The van der Waals surface area contributed by atoms with Gasteiger partial charge in [-0.3, -0.25) is 9.89 Å². The van der Waals surface area contributed by atoms with Gasteiger partial charge in [-0.1, -0.05) is 6.92 Å². The molecule has 1 unspecified atom stereocenters. The van der Waals surface area contributed by atoms with E-state index in [0.717, 1.165) is 37.1 Å². The molecule has 27 heavy (non-hydrogen) atoms. The van der Waals surface area contributed by atoms with E-state index in [1.165, 1.54) is 5.56 Å². The number of carbonyl (C=O) groups excluding carboxylic acids is 1. The van der Waals surface area contributed by atoms with Gasteiger partial charge in [0.05, 0.1) is 12.4 Å². The summed E-state index contributed by atoms with van der Waals surface area (Å²) in [5.74, 6) is 0.251. The van der Waals surface area contributed by atoms with E-state index in [9.17, 15) is 4.79 Å². The van der Waals surface area contributed by atoms with E-state index in [2.05, 4.69) is 27.2 Å². The Labute approximate surface area is 157 Å². The first kappa shape index (κ1) is 17.7. The Morgan fingerprint density at radius 3 is 3.07 bits per heavy atom. The molecule has 3 aromatic heterocycles. The summed E-state index contributed by atoms with van der Waals surface area (Å²) in [6, 6.07) is 0. The highest BCUT2D eigenvalue weighted by Gasteiger charge is 2.29. The Hall–Kier alpha value is -2.74. The number of aryl methyl sites for hydroxylation is 1. The SMILES string of the molecule is CCc1cn[nH]c1C1CCCN(C(=O)c2cnn3cc(CCO)cnc23)C1. The highest BCUT2D eigenvalue weighted by molar-refractivity contribution is 5.99. The lowest BCUT2D eigenvalue weighted by Crippen LogP contribution is -2.39. The molecule has 1 atom stereocenters. The van der Waals surface area contributed by atoms with E-state index in [4.69, 9.17) is 5.11 Å². The number of aromatic nitrogens is 5. The van der Waals surface area contributed by atoms with Gasteiger partial charge in [-0.2, -0.15) is 10.2 Å². The summed E-state index contributed by atoms with van der Waals surface area (Å²) < 4.78 is 1.61. The number of hydrogen-bond donors (Lipinski definition) is 2. The normalized spacial score (nSPS) is 17.6. The van der Waals surface area contributed by atoms with Crippen LogP contribution in [0.15, 0.2) is 24.8 Å². The van der Waals surface area contributed by atoms with Crippen LogP contribution in [0.5, 0.6) is 0 Å². The molecule has 0 saturated carbocycles. The van der Waals surface area contributed by atoms with Crippen molar-refractivity contribution < 1.29 is 9.90 Å². The zero-order chi connectivity index (χ0) is 18.8. The van der Waals surface area contributed by atoms with Crippen LogP contribution in [0, 0.1) is 0 Å². The van der Waals surface area contributed by atoms with E-state index in [-0.39, 0.29) is 18.4 Å². The van der Waals surface area contributed by atoms with Crippen molar-refractivity contribution in [1.29, 1.82) is 0 Å². The molecule has 2 N–H and O–H groups in total. The molecule has 0 radical (unpaired) electrons. The molecule has 0 aromatic carbocycles. The molecule has 4 rings (SSSR count). The lowest BCUT2D eigenvalue weighted by atomic mass is 9.91. The van der Waals surface area contributed by atoms with Gasteiger partial charge in [-0.25, -0.2) is 9.50 Å². The molecule has 1 amide bonds. The molecule has 1 fully saturated rings. The topological polar surface area (TPSA) is 99.4 Å². The van der Waals surface area contributed by atoms with Gasteiger partial charge in [-0.15, -0.1) is 0 Å². The molecule has 0 spiro atoms. The van der Waals surface area contributed by atoms with E-state index in [1.54, 1.807) is 16.9 Å². The minimum absolute atomic E-state index is 0.0327. The maximum atomic E-state index is 13.1. The molecule has 8 heteroatoms. The van der Waals surface area contributed by atoms with Crippen molar-refractivity contribution in [2.24, 2.45) is 0 Å². The zero-order valence-corrected chi connectivity index (χ0v) is 15.4. The summed E-state index contributed by atoms with van der Waals surface area (Å²) in [4.78, 5) is 19.4. The predicted molar refractivity (Wildman–Crippen MR) is 99.6 cm³/mol. The number of nitrogens with zero attached hydrogens (tertiary/aromatic N) is 5. The number of H-pyrrole nitrogens is 1. The van der Waals surface area contributed by atoms with Crippen molar-refractivity contribution in [2.75, 3.05) is 19.7 Å². The first-order chi connectivity index (χ1) is 13.2. The van der Waals surface area contributed by atoms with Gasteiger partial charge in [0, 0.05) is 43.7 Å². The van der Waals surface area contributed by atoms with Gasteiger partial charge in [-0.05, 0) is 36.8 Å². The molecule has 1 aliphatic rings. The van der Waals surface area contributed by atoms with Crippen LogP contribution in [0.4, 0.5) is 0 Å². The van der Waals surface area contributed by atoms with Crippen LogP contribution in [0.25, 0.3) is 5.65 Å². The van der Waals surface area contributed by atoms with E-state index in [0.29, 0.717) is 24.2 Å². The number of amides is 1. The summed E-state index contributed by atoms with van der Waals surface area (Å²) in [5.41, 5.74) is 4.34. The minimum Gasteiger partial charge on any atom is -0.396 e. The number of aliphatic hydroxyl groups excluding tert-OH is 1. The van der Waals surface area contributed by atoms with Crippen LogP contribution in [0.2, 0.25) is 0 Å². The average Bonchev–Trinajstić information content (AvgIpc) is 3.34. The molecule has 142 valence electrons. The van der Waals surface area contributed by atoms with Gasteiger partial charge in [0.15, 0.2) is 5.65 Å². The fourth-order valence-corrected chi connectivity index (χ4v) is 3.85. The van der Waals surface area contributed by atoms with Crippen molar-refractivity contribution in [3.8, 4) is 0 Å². The number of likely N-dealkylation sites (tertiary alicyclic amines) is 1. The van der Waals surface area contributed by atoms with Crippen molar-refractivity contribution in [3.05, 3.63) is 47.2 Å². The van der Waals surface area contributed by atoms with Gasteiger partial charge >= 0.3 is 0 Å². The molecule has 3 aromatic rings. The van der Waals surface area contributed by atoms with E-state index in [1.807, 2.05) is 17.3 Å². The average molecular weight is 368 g/mol. The number of nitrogens with one attached hydrogen (secondary N) is 1. The summed E-state index contributed by atoms with van der Waals surface area (Å²) in [6.45, 7) is 3.59. The Morgan fingerprint density at radius 1 is 1.37 bits per heavy atom. The lowest BCUT2D eigenvalue weighted by molar-refractivity contribution is 0.0707. The van der Waals surface area contributed by atoms with Crippen LogP contribution < -0.4 is 0 Å². The van der Waals surface area contributed by atoms with Crippen molar-refractivity contribution in [1.82, 2.24) is 29.7 Å². The standard InChI is InChI=1S/C19H24N6O2/c1-2-14-9-21-23-17(14)15-4-3-6-24(12-15)19(27)16-10-22-25-11-13(5-7-26)8-20-18(16)25/h8-11,15,26H,2-7,12H2,1H3,(H,21,23). The van der Waals surface area contributed by atoms with E-state index >= 15 is 0 Å². The second-order valence-corrected chi connectivity index (χ2v) is 7.02. The third-order valence-corrected chi connectivity index (χ3v) is 5.29. The molecule has 0 aliphatic carbocycles. The summed E-state index contributed by atoms with van der Waals surface area (Å²) >= 11 is 0. The number of fused-ring (bicyclic) bond motifs is 1. The molecule has 0 bridgehead atoms. The zero-order valence-electron chi connectivity index (χ0n) is 15.4. The number of rotatable bonds is 5. The lowest BCUT2D eigenvalue weighted by Gasteiger charge is -2.32. The highest BCUT2D eigenvalue weighted by Crippen LogP contribution is 2.29. The second kappa shape index (κ2) is 7.48. The summed E-state index contributed by atoms with van der Waals surface area (Å²) in [5, 5.41) is 20.7. The van der Waals surface area contributed by atoms with Crippen molar-refractivity contribution >= 4 is 11.6 Å². The van der Waals surface area contributed by atoms with E-state index < -0.39 is 0 Å². The van der Waals surface area contributed by atoms with Crippen LogP contribution in [-0.2, 0) is 12.8 Å². The maximum absolute atomic E-state index is 13.1. The summed E-state index contributed by atoms with van der Waals surface area (Å²) in [7, 11) is 0. The minimum atomic E-state index is -0.0327. The Bertz CT molecular complexity index is 947. The first-order valence-electron chi connectivity index (χ1n) is 9.45. The van der Waals surface area contributed by atoms with Crippen LogP contribution >= 0.6 is 0 Å². The van der Waals surface area contributed by atoms with Crippen LogP contribution in [-0.4, -0.2) is 60.4 Å². The monoisotopic (exact) mass is 368 g/mol. The Kier molecular flexibility index (Phi) is 4.89. The first-order valence-corrected chi connectivity index (χ1v) is 9.45. The van der Waals surface area contributed by atoms with Gasteiger partial charge in [0.25, 0.3) is 5.91 Å². The molecular weight excluding hydrogens is 344 g/mol. The molecule has 4 heterocycles. The smallest absolute Gasteiger partial charge is 0.259 e. The number of carbonyl (C=O) groups is 1. The van der Waals surface area contributed by atoms with Gasteiger partial charge in [0.1, 0.15) is 5.56 Å². The summed E-state index contributed by atoms with van der Waals surface area (Å²) in [6.07, 6.45) is 10.4.